The molecular formula is C15H19N3O3S. The lowest BCUT2D eigenvalue weighted by Gasteiger charge is -2.14. The number of amides is 1. The van der Waals surface area contributed by atoms with Gasteiger partial charge in [0, 0.05) is 6.04 Å². The molecule has 1 aliphatic rings. The summed E-state index contributed by atoms with van der Waals surface area (Å²) in [4.78, 5) is 12.2. The highest BCUT2D eigenvalue weighted by Crippen LogP contribution is 2.28. The third-order valence-electron chi connectivity index (χ3n) is 3.84. The van der Waals surface area contributed by atoms with E-state index in [1.165, 1.54) is 24.6 Å². The first-order valence-electron chi connectivity index (χ1n) is 7.48. The molecule has 118 valence electrons. The first-order valence-corrected chi connectivity index (χ1v) is 8.36. The van der Waals surface area contributed by atoms with E-state index in [4.69, 9.17) is 8.83 Å². The molecule has 0 radical (unpaired) electrons. The number of aromatic nitrogens is 2. The number of carbonyl (C=O) groups is 1. The van der Waals surface area contributed by atoms with E-state index in [-0.39, 0.29) is 11.2 Å². The third-order valence-corrected chi connectivity index (χ3v) is 4.78. The molecule has 0 aliphatic heterocycles. The van der Waals surface area contributed by atoms with Gasteiger partial charge in [0.2, 0.25) is 5.91 Å². The Morgan fingerprint density at radius 1 is 1.41 bits per heavy atom. The van der Waals surface area contributed by atoms with Gasteiger partial charge < -0.3 is 14.2 Å². The first-order chi connectivity index (χ1) is 10.6. The Morgan fingerprint density at radius 3 is 2.86 bits per heavy atom. The summed E-state index contributed by atoms with van der Waals surface area (Å²) in [6.45, 7) is 3.69. The average molecular weight is 321 g/mol. The summed E-state index contributed by atoms with van der Waals surface area (Å²) in [6.07, 6.45) is 6.13. The number of nitrogens with zero attached hydrogens (tertiary/aromatic N) is 2. The van der Waals surface area contributed by atoms with E-state index in [9.17, 15) is 4.79 Å². The summed E-state index contributed by atoms with van der Waals surface area (Å²) in [5.74, 6) is 1.17. The number of furan rings is 1. The van der Waals surface area contributed by atoms with Gasteiger partial charge in [0.05, 0.1) is 17.1 Å². The molecule has 1 N–H and O–H groups in total. The largest absolute Gasteiger partial charge is 0.469 e. The third kappa shape index (κ3) is 3.35. The highest BCUT2D eigenvalue weighted by Gasteiger charge is 2.23. The van der Waals surface area contributed by atoms with Gasteiger partial charge in [-0.15, -0.1) is 10.2 Å². The summed E-state index contributed by atoms with van der Waals surface area (Å²) in [6, 6.07) is 2.11. The van der Waals surface area contributed by atoms with Crippen LogP contribution >= 0.6 is 11.8 Å². The lowest BCUT2D eigenvalue weighted by Crippen LogP contribution is -2.37. The Kier molecular flexibility index (Phi) is 4.52. The Balaban J connectivity index is 1.59. The van der Waals surface area contributed by atoms with Crippen LogP contribution in [0.5, 0.6) is 0 Å². The predicted octanol–water partition coefficient (Wildman–Crippen LogP) is 3.18. The van der Waals surface area contributed by atoms with Crippen molar-refractivity contribution in [3.8, 4) is 11.5 Å². The van der Waals surface area contributed by atoms with Gasteiger partial charge in [-0.1, -0.05) is 24.6 Å². The summed E-state index contributed by atoms with van der Waals surface area (Å²) >= 11 is 1.28. The predicted molar refractivity (Wildman–Crippen MR) is 82.5 cm³/mol. The highest BCUT2D eigenvalue weighted by molar-refractivity contribution is 8.00. The van der Waals surface area contributed by atoms with E-state index in [1.54, 1.807) is 12.3 Å². The number of aryl methyl sites for hydroxylation is 1. The van der Waals surface area contributed by atoms with Crippen LogP contribution in [0.4, 0.5) is 0 Å². The molecule has 1 atom stereocenters. The maximum atomic E-state index is 12.2. The molecule has 1 amide bonds. The molecule has 22 heavy (non-hydrogen) atoms. The number of carbonyl (C=O) groups excluding carboxylic acids is 1. The smallest absolute Gasteiger partial charge is 0.277 e. The van der Waals surface area contributed by atoms with Crippen LogP contribution in [0.2, 0.25) is 0 Å². The molecule has 2 heterocycles. The van der Waals surface area contributed by atoms with Gasteiger partial charge in [-0.3, -0.25) is 4.79 Å². The number of hydrogen-bond acceptors (Lipinski definition) is 6. The molecule has 6 nitrogen and oxygen atoms in total. The molecule has 0 saturated heterocycles. The zero-order valence-electron chi connectivity index (χ0n) is 12.7. The van der Waals surface area contributed by atoms with Gasteiger partial charge in [0.15, 0.2) is 0 Å². The first kappa shape index (κ1) is 15.1. The minimum absolute atomic E-state index is 0.0242. The van der Waals surface area contributed by atoms with Gasteiger partial charge in [-0.25, -0.2) is 0 Å². The van der Waals surface area contributed by atoms with Crippen LogP contribution in [-0.4, -0.2) is 27.4 Å². The molecule has 7 heteroatoms. The molecule has 1 saturated carbocycles. The van der Waals surface area contributed by atoms with Gasteiger partial charge >= 0.3 is 0 Å². The normalized spacial score (nSPS) is 16.8. The fraction of sp³-hybridized carbons (Fsp3) is 0.533. The van der Waals surface area contributed by atoms with Crippen molar-refractivity contribution in [2.75, 3.05) is 0 Å². The van der Waals surface area contributed by atoms with Crippen molar-refractivity contribution in [2.24, 2.45) is 0 Å². The molecule has 0 bridgehead atoms. The Bertz CT molecular complexity index is 646. The molecular weight excluding hydrogens is 302 g/mol. The van der Waals surface area contributed by atoms with E-state index in [2.05, 4.69) is 15.5 Å². The molecule has 3 rings (SSSR count). The molecule has 0 spiro atoms. The fourth-order valence-corrected chi connectivity index (χ4v) is 3.26. The zero-order valence-corrected chi connectivity index (χ0v) is 13.5. The van der Waals surface area contributed by atoms with Gasteiger partial charge in [-0.2, -0.15) is 0 Å². The number of nitrogens with one attached hydrogen (secondary N) is 1. The van der Waals surface area contributed by atoms with Crippen LogP contribution in [-0.2, 0) is 4.79 Å². The van der Waals surface area contributed by atoms with Gasteiger partial charge in [0.1, 0.15) is 5.76 Å². The second-order valence-electron chi connectivity index (χ2n) is 5.51. The van der Waals surface area contributed by atoms with E-state index >= 15 is 0 Å². The van der Waals surface area contributed by atoms with E-state index in [0.29, 0.717) is 17.2 Å². The standard InChI is InChI=1S/C15H19N3O3S/c1-9-12(7-8-20-9)14-17-18-15(21-14)22-10(2)13(19)16-11-5-3-4-6-11/h7-8,10-11H,3-6H2,1-2H3,(H,16,19)/t10-/m0/s1. The minimum atomic E-state index is -0.264. The monoisotopic (exact) mass is 321 g/mol. The highest BCUT2D eigenvalue weighted by atomic mass is 32.2. The van der Waals surface area contributed by atoms with E-state index in [1.807, 2.05) is 13.8 Å². The second kappa shape index (κ2) is 6.56. The van der Waals surface area contributed by atoms with Crippen molar-refractivity contribution in [3.05, 3.63) is 18.1 Å². The molecule has 0 aromatic carbocycles. The molecule has 2 aromatic heterocycles. The van der Waals surface area contributed by atoms with Crippen molar-refractivity contribution in [1.29, 1.82) is 0 Å². The number of rotatable bonds is 5. The van der Waals surface area contributed by atoms with E-state index < -0.39 is 0 Å². The van der Waals surface area contributed by atoms with Crippen molar-refractivity contribution in [3.63, 3.8) is 0 Å². The van der Waals surface area contributed by atoms with E-state index in [0.717, 1.165) is 24.2 Å². The van der Waals surface area contributed by atoms with Crippen molar-refractivity contribution in [1.82, 2.24) is 15.5 Å². The lowest BCUT2D eigenvalue weighted by molar-refractivity contribution is -0.120. The zero-order chi connectivity index (χ0) is 15.5. The van der Waals surface area contributed by atoms with Crippen molar-refractivity contribution >= 4 is 17.7 Å². The molecule has 1 fully saturated rings. The maximum Gasteiger partial charge on any atom is 0.277 e. The van der Waals surface area contributed by atoms with Gasteiger partial charge in [0.25, 0.3) is 11.1 Å². The van der Waals surface area contributed by atoms with Crippen LogP contribution in [0.15, 0.2) is 26.4 Å². The SMILES string of the molecule is Cc1occc1-c1nnc(S[C@@H](C)C(=O)NC2CCCC2)o1. The second-order valence-corrected chi connectivity index (χ2v) is 6.81. The average Bonchev–Trinajstić information content (AvgIpc) is 3.20. The quantitative estimate of drug-likeness (QED) is 0.852. The van der Waals surface area contributed by atoms with Gasteiger partial charge in [-0.05, 0) is 32.8 Å². The Hall–Kier alpha value is -1.76. The summed E-state index contributed by atoms with van der Waals surface area (Å²) < 4.78 is 10.8. The van der Waals surface area contributed by atoms with Crippen LogP contribution in [0.1, 0.15) is 38.4 Å². The Morgan fingerprint density at radius 2 is 2.18 bits per heavy atom. The molecule has 2 aromatic rings. The van der Waals surface area contributed by atoms with Crippen molar-refractivity contribution < 1.29 is 13.6 Å². The van der Waals surface area contributed by atoms with Crippen LogP contribution in [0.25, 0.3) is 11.5 Å². The fourth-order valence-electron chi connectivity index (χ4n) is 2.57. The molecule has 1 aliphatic carbocycles. The summed E-state index contributed by atoms with van der Waals surface area (Å²) in [5, 5.41) is 11.2. The van der Waals surface area contributed by atoms with Crippen LogP contribution < -0.4 is 5.32 Å². The number of thioether (sulfide) groups is 1. The lowest BCUT2D eigenvalue weighted by atomic mass is 10.2. The minimum Gasteiger partial charge on any atom is -0.469 e. The number of hydrogen-bond donors (Lipinski definition) is 1. The Labute approximate surface area is 133 Å². The maximum absolute atomic E-state index is 12.2. The van der Waals surface area contributed by atoms with Crippen LogP contribution in [0, 0.1) is 6.92 Å². The summed E-state index contributed by atoms with van der Waals surface area (Å²) in [5.41, 5.74) is 0.780. The topological polar surface area (TPSA) is 81.2 Å². The van der Waals surface area contributed by atoms with Crippen molar-refractivity contribution in [2.45, 2.75) is 56.0 Å². The summed E-state index contributed by atoms with van der Waals surface area (Å²) in [7, 11) is 0. The molecule has 0 unspecified atom stereocenters. The van der Waals surface area contributed by atoms with Crippen LogP contribution in [0.3, 0.4) is 0 Å².